The molecule has 4 unspecified atom stereocenters. The number of carbonyl (C=O) groups is 2. The maximum absolute atomic E-state index is 12.7. The number of carboxylic acid groups (broad SMARTS) is 1. The minimum atomic E-state index is -0.844. The Kier molecular flexibility index (Phi) is 3.18. The van der Waals surface area contributed by atoms with Gasteiger partial charge in [0.25, 0.3) is 0 Å². The van der Waals surface area contributed by atoms with Crippen LogP contribution in [-0.2, 0) is 14.3 Å². The van der Waals surface area contributed by atoms with Crippen LogP contribution in [0.15, 0.2) is 12.2 Å². The van der Waals surface area contributed by atoms with Gasteiger partial charge in [-0.1, -0.05) is 12.2 Å². The molecule has 5 fully saturated rings. The number of carbonyl (C=O) groups excluding carboxylic acids is 1. The molecule has 0 radical (unpaired) electrons. The molecule has 0 amide bonds. The van der Waals surface area contributed by atoms with Crippen molar-refractivity contribution >= 4 is 11.9 Å². The fraction of sp³-hybridized carbons (Fsp3) is 0.800. The van der Waals surface area contributed by atoms with Crippen LogP contribution in [0.1, 0.15) is 44.9 Å². The monoisotopic (exact) mass is 330 g/mol. The summed E-state index contributed by atoms with van der Waals surface area (Å²) in [4.78, 5) is 24.3. The summed E-state index contributed by atoms with van der Waals surface area (Å²) in [6, 6.07) is 0. The van der Waals surface area contributed by atoms with Crippen LogP contribution >= 0.6 is 0 Å². The largest absolute Gasteiger partial charge is 0.481 e. The van der Waals surface area contributed by atoms with Gasteiger partial charge in [-0.3, -0.25) is 9.59 Å². The Bertz CT molecular complexity index is 571. The molecule has 0 aromatic carbocycles. The van der Waals surface area contributed by atoms with Crippen molar-refractivity contribution < 1.29 is 19.4 Å². The summed E-state index contributed by atoms with van der Waals surface area (Å²) >= 11 is 0. The zero-order valence-corrected chi connectivity index (χ0v) is 14.0. The molecule has 0 aliphatic heterocycles. The van der Waals surface area contributed by atoms with Crippen molar-refractivity contribution in [2.45, 2.75) is 44.9 Å². The smallest absolute Gasteiger partial charge is 0.310 e. The summed E-state index contributed by atoms with van der Waals surface area (Å²) in [6.45, 7) is 0.527. The van der Waals surface area contributed by atoms with Crippen molar-refractivity contribution in [1.82, 2.24) is 0 Å². The van der Waals surface area contributed by atoms with E-state index in [9.17, 15) is 14.7 Å². The molecule has 5 saturated carbocycles. The molecule has 24 heavy (non-hydrogen) atoms. The maximum Gasteiger partial charge on any atom is 0.310 e. The Hall–Kier alpha value is -1.32. The lowest BCUT2D eigenvalue weighted by molar-refractivity contribution is -0.166. The number of aliphatic carboxylic acids is 1. The molecule has 0 aromatic heterocycles. The topological polar surface area (TPSA) is 63.6 Å². The first-order valence-corrected chi connectivity index (χ1v) is 9.61. The molecule has 0 spiro atoms. The quantitative estimate of drug-likeness (QED) is 0.635. The van der Waals surface area contributed by atoms with Gasteiger partial charge in [0, 0.05) is 5.41 Å². The molecule has 4 nitrogen and oxygen atoms in total. The second-order valence-corrected chi connectivity index (χ2v) is 9.36. The molecule has 4 heteroatoms. The van der Waals surface area contributed by atoms with E-state index in [1.54, 1.807) is 0 Å². The van der Waals surface area contributed by atoms with Gasteiger partial charge < -0.3 is 9.84 Å². The fourth-order valence-corrected chi connectivity index (χ4v) is 7.27. The number of allylic oxidation sites excluding steroid dienone is 2. The average molecular weight is 330 g/mol. The highest BCUT2D eigenvalue weighted by Crippen LogP contribution is 2.60. The van der Waals surface area contributed by atoms with E-state index in [1.165, 1.54) is 38.5 Å². The summed E-state index contributed by atoms with van der Waals surface area (Å²) < 4.78 is 5.81. The highest BCUT2D eigenvalue weighted by molar-refractivity contribution is 5.83. The molecule has 0 aromatic rings. The van der Waals surface area contributed by atoms with Crippen LogP contribution in [0, 0.1) is 46.8 Å². The lowest BCUT2D eigenvalue weighted by Crippen LogP contribution is -2.49. The van der Waals surface area contributed by atoms with Crippen LogP contribution < -0.4 is 0 Å². The van der Waals surface area contributed by atoms with Crippen LogP contribution in [-0.4, -0.2) is 23.7 Å². The van der Waals surface area contributed by atoms with E-state index in [2.05, 4.69) is 0 Å². The van der Waals surface area contributed by atoms with Crippen LogP contribution in [0.25, 0.3) is 0 Å². The van der Waals surface area contributed by atoms with Crippen molar-refractivity contribution in [3.63, 3.8) is 0 Å². The fourth-order valence-electron chi connectivity index (χ4n) is 7.27. The molecule has 6 aliphatic carbocycles. The van der Waals surface area contributed by atoms with Crippen LogP contribution in [0.5, 0.6) is 0 Å². The zero-order chi connectivity index (χ0) is 16.5. The van der Waals surface area contributed by atoms with Crippen molar-refractivity contribution in [2.24, 2.45) is 46.8 Å². The van der Waals surface area contributed by atoms with Gasteiger partial charge in [0.2, 0.25) is 0 Å². The molecule has 6 bridgehead atoms. The lowest BCUT2D eigenvalue weighted by Gasteiger charge is -2.56. The van der Waals surface area contributed by atoms with E-state index in [-0.39, 0.29) is 23.2 Å². The minimum absolute atomic E-state index is 0.0181. The first kappa shape index (κ1) is 15.0. The van der Waals surface area contributed by atoms with Gasteiger partial charge in [-0.15, -0.1) is 0 Å². The zero-order valence-electron chi connectivity index (χ0n) is 14.0. The van der Waals surface area contributed by atoms with Gasteiger partial charge in [0.05, 0.1) is 18.4 Å². The normalized spacial score (nSPS) is 50.4. The Morgan fingerprint density at radius 3 is 2.00 bits per heavy atom. The SMILES string of the molecule is O=C(O)C1C2C=CC(C2)C1C(=O)OCC12CC3CC(CC(C3)C1)C2. The molecule has 6 aliphatic rings. The molecule has 130 valence electrons. The third-order valence-electron chi connectivity index (χ3n) is 7.70. The summed E-state index contributed by atoms with van der Waals surface area (Å²) in [5.74, 6) is 0.463. The Labute approximate surface area is 142 Å². The Morgan fingerprint density at radius 1 is 0.917 bits per heavy atom. The molecule has 6 rings (SSSR count). The third kappa shape index (κ3) is 2.18. The Morgan fingerprint density at radius 2 is 1.46 bits per heavy atom. The molecule has 0 heterocycles. The number of fused-ring (bicyclic) bond motifs is 2. The van der Waals surface area contributed by atoms with E-state index < -0.39 is 17.8 Å². The van der Waals surface area contributed by atoms with Crippen molar-refractivity contribution in [3.05, 3.63) is 12.2 Å². The average Bonchev–Trinajstić information content (AvgIpc) is 3.12. The predicted octanol–water partition coefficient (Wildman–Crippen LogP) is 3.27. The number of hydrogen-bond donors (Lipinski definition) is 1. The molecular weight excluding hydrogens is 304 g/mol. The number of hydrogen-bond acceptors (Lipinski definition) is 3. The summed E-state index contributed by atoms with van der Waals surface area (Å²) in [6.07, 6.45) is 12.6. The maximum atomic E-state index is 12.7. The number of esters is 1. The van der Waals surface area contributed by atoms with Gasteiger partial charge in [-0.25, -0.2) is 0 Å². The van der Waals surface area contributed by atoms with E-state index >= 15 is 0 Å². The van der Waals surface area contributed by atoms with Gasteiger partial charge in [0.1, 0.15) is 0 Å². The van der Waals surface area contributed by atoms with Crippen molar-refractivity contribution in [3.8, 4) is 0 Å². The van der Waals surface area contributed by atoms with Crippen LogP contribution in [0.2, 0.25) is 0 Å². The molecule has 4 atom stereocenters. The van der Waals surface area contributed by atoms with E-state index in [0.29, 0.717) is 6.61 Å². The van der Waals surface area contributed by atoms with E-state index in [1.807, 2.05) is 12.2 Å². The summed E-state index contributed by atoms with van der Waals surface area (Å²) in [7, 11) is 0. The second-order valence-electron chi connectivity index (χ2n) is 9.36. The standard InChI is InChI=1S/C20H26O4/c21-18(22)16-14-1-2-15(6-14)17(16)19(23)24-10-20-7-11-3-12(8-20)5-13(4-11)9-20/h1-2,11-17H,3-10H2,(H,21,22). The second kappa shape index (κ2) is 5.09. The first-order chi connectivity index (χ1) is 11.5. The highest BCUT2D eigenvalue weighted by atomic mass is 16.5. The summed E-state index contributed by atoms with van der Waals surface area (Å²) in [5.41, 5.74) is 0.205. The van der Waals surface area contributed by atoms with Gasteiger partial charge in [0.15, 0.2) is 0 Å². The number of ether oxygens (including phenoxy) is 1. The molecule has 0 saturated heterocycles. The third-order valence-corrected chi connectivity index (χ3v) is 7.70. The predicted molar refractivity (Wildman–Crippen MR) is 86.9 cm³/mol. The number of carboxylic acids is 1. The van der Waals surface area contributed by atoms with Crippen LogP contribution in [0.4, 0.5) is 0 Å². The highest BCUT2D eigenvalue weighted by Gasteiger charge is 2.54. The van der Waals surface area contributed by atoms with Crippen molar-refractivity contribution in [2.75, 3.05) is 6.61 Å². The van der Waals surface area contributed by atoms with E-state index in [0.717, 1.165) is 24.2 Å². The minimum Gasteiger partial charge on any atom is -0.481 e. The van der Waals surface area contributed by atoms with Crippen molar-refractivity contribution in [1.29, 1.82) is 0 Å². The lowest BCUT2D eigenvalue weighted by atomic mass is 9.50. The summed E-state index contributed by atoms with van der Waals surface area (Å²) in [5, 5.41) is 9.51. The molecule has 1 N–H and O–H groups in total. The van der Waals surface area contributed by atoms with Gasteiger partial charge in [-0.05, 0) is 74.5 Å². The van der Waals surface area contributed by atoms with Gasteiger partial charge in [-0.2, -0.15) is 0 Å². The number of rotatable bonds is 4. The Balaban J connectivity index is 1.28. The van der Waals surface area contributed by atoms with E-state index in [4.69, 9.17) is 4.74 Å². The molecular formula is C20H26O4. The van der Waals surface area contributed by atoms with Gasteiger partial charge >= 0.3 is 11.9 Å². The van der Waals surface area contributed by atoms with Crippen LogP contribution in [0.3, 0.4) is 0 Å². The first-order valence-electron chi connectivity index (χ1n) is 9.61.